The second-order valence-electron chi connectivity index (χ2n) is 3.37. The van der Waals surface area contributed by atoms with E-state index in [0.717, 1.165) is 0 Å². The van der Waals surface area contributed by atoms with E-state index in [0.29, 0.717) is 0 Å². The van der Waals surface area contributed by atoms with Crippen LogP contribution < -0.4 is 5.32 Å². The van der Waals surface area contributed by atoms with E-state index in [1.807, 2.05) is 0 Å². The molecule has 1 heterocycles. The summed E-state index contributed by atoms with van der Waals surface area (Å²) in [6.07, 6.45) is -0.188. The molecular weight excluding hydrogens is 168 g/mol. The highest BCUT2D eigenvalue weighted by Crippen LogP contribution is 2.65. The lowest BCUT2D eigenvalue weighted by atomic mass is 9.87. The number of carbonyl (C=O) groups is 1. The van der Waals surface area contributed by atoms with Crippen LogP contribution in [-0.2, 0) is 9.53 Å². The second-order valence-corrected chi connectivity index (χ2v) is 3.37. The zero-order valence-electron chi connectivity index (χ0n) is 6.56. The molecule has 2 rings (SSSR count). The molecular formula is C7H9F2NO2. The lowest BCUT2D eigenvalue weighted by molar-refractivity contribution is -0.151. The van der Waals surface area contributed by atoms with Gasteiger partial charge in [0.2, 0.25) is 0 Å². The van der Waals surface area contributed by atoms with Gasteiger partial charge in [0.05, 0.1) is 12.5 Å². The highest BCUT2D eigenvalue weighted by Gasteiger charge is 2.80. The smallest absolute Gasteiger partial charge is 0.323 e. The number of nitrogens with one attached hydrogen (secondary N) is 1. The van der Waals surface area contributed by atoms with Crippen molar-refractivity contribution >= 4 is 5.97 Å². The van der Waals surface area contributed by atoms with Crippen LogP contribution in [0.1, 0.15) is 6.42 Å². The van der Waals surface area contributed by atoms with Crippen molar-refractivity contribution < 1.29 is 18.3 Å². The van der Waals surface area contributed by atoms with Crippen LogP contribution in [-0.4, -0.2) is 31.6 Å². The Morgan fingerprint density at radius 1 is 1.67 bits per heavy atom. The van der Waals surface area contributed by atoms with Gasteiger partial charge in [-0.1, -0.05) is 0 Å². The van der Waals surface area contributed by atoms with E-state index >= 15 is 0 Å². The summed E-state index contributed by atoms with van der Waals surface area (Å²) in [5.41, 5.74) is -1.11. The van der Waals surface area contributed by atoms with Crippen molar-refractivity contribution in [1.29, 1.82) is 0 Å². The van der Waals surface area contributed by atoms with E-state index in [4.69, 9.17) is 0 Å². The molecule has 0 aromatic rings. The molecule has 0 aromatic carbocycles. The second kappa shape index (κ2) is 1.96. The number of halogens is 2. The van der Waals surface area contributed by atoms with E-state index in [9.17, 15) is 13.6 Å². The highest BCUT2D eigenvalue weighted by molar-refractivity contribution is 5.79. The third-order valence-corrected chi connectivity index (χ3v) is 2.75. The molecule has 0 radical (unpaired) electrons. The maximum Gasteiger partial charge on any atom is 0.323 e. The Hall–Kier alpha value is -0.710. The SMILES string of the molecule is COC(=O)C1NCC12CC2(F)F. The fourth-order valence-corrected chi connectivity index (χ4v) is 1.73. The lowest BCUT2D eigenvalue weighted by Gasteiger charge is -2.36. The summed E-state index contributed by atoms with van der Waals surface area (Å²) in [5, 5.41) is 2.65. The van der Waals surface area contributed by atoms with Crippen LogP contribution in [0.5, 0.6) is 0 Å². The average Bonchev–Trinajstić information content (AvgIpc) is 2.54. The number of esters is 1. The first-order chi connectivity index (χ1) is 5.53. The minimum Gasteiger partial charge on any atom is -0.468 e. The van der Waals surface area contributed by atoms with E-state index < -0.39 is 23.3 Å². The van der Waals surface area contributed by atoms with Gasteiger partial charge < -0.3 is 10.1 Å². The summed E-state index contributed by atoms with van der Waals surface area (Å²) in [6.45, 7) is 0.222. The maximum absolute atomic E-state index is 12.7. The molecule has 2 unspecified atom stereocenters. The van der Waals surface area contributed by atoms with Gasteiger partial charge in [-0.3, -0.25) is 4.79 Å². The van der Waals surface area contributed by atoms with Crippen LogP contribution >= 0.6 is 0 Å². The molecule has 3 nitrogen and oxygen atoms in total. The fourth-order valence-electron chi connectivity index (χ4n) is 1.73. The first-order valence-electron chi connectivity index (χ1n) is 3.72. The van der Waals surface area contributed by atoms with Gasteiger partial charge in [0, 0.05) is 13.0 Å². The molecule has 0 aromatic heterocycles. The third kappa shape index (κ3) is 0.696. The minimum atomic E-state index is -2.67. The summed E-state index contributed by atoms with van der Waals surface area (Å²) in [5.74, 6) is -3.25. The zero-order valence-corrected chi connectivity index (χ0v) is 6.56. The minimum absolute atomic E-state index is 0.188. The topological polar surface area (TPSA) is 38.3 Å². The van der Waals surface area contributed by atoms with Gasteiger partial charge >= 0.3 is 5.97 Å². The van der Waals surface area contributed by atoms with Crippen LogP contribution in [0.2, 0.25) is 0 Å². The van der Waals surface area contributed by atoms with Crippen molar-refractivity contribution in [2.75, 3.05) is 13.7 Å². The van der Waals surface area contributed by atoms with Crippen molar-refractivity contribution in [3.05, 3.63) is 0 Å². The van der Waals surface area contributed by atoms with Crippen molar-refractivity contribution in [2.24, 2.45) is 5.41 Å². The summed E-state index contributed by atoms with van der Waals surface area (Å²) in [4.78, 5) is 10.9. The summed E-state index contributed by atoms with van der Waals surface area (Å²) >= 11 is 0. The van der Waals surface area contributed by atoms with Crippen molar-refractivity contribution in [3.8, 4) is 0 Å². The van der Waals surface area contributed by atoms with Gasteiger partial charge in [0.25, 0.3) is 5.92 Å². The molecule has 2 aliphatic rings. The van der Waals surface area contributed by atoms with Crippen LogP contribution in [0.15, 0.2) is 0 Å². The van der Waals surface area contributed by atoms with Crippen molar-refractivity contribution in [2.45, 2.75) is 18.4 Å². The molecule has 2 fully saturated rings. The van der Waals surface area contributed by atoms with Gasteiger partial charge in [0.1, 0.15) is 6.04 Å². The van der Waals surface area contributed by atoms with E-state index in [2.05, 4.69) is 10.1 Å². The number of alkyl halides is 2. The van der Waals surface area contributed by atoms with Crippen LogP contribution in [0.4, 0.5) is 8.78 Å². The first-order valence-corrected chi connectivity index (χ1v) is 3.72. The Kier molecular flexibility index (Phi) is 1.29. The Morgan fingerprint density at radius 2 is 2.25 bits per heavy atom. The number of hydrogen-bond donors (Lipinski definition) is 1. The van der Waals surface area contributed by atoms with Gasteiger partial charge in [-0.25, -0.2) is 8.78 Å². The molecule has 0 amide bonds. The van der Waals surface area contributed by atoms with E-state index in [1.165, 1.54) is 7.11 Å². The number of ether oxygens (including phenoxy) is 1. The summed E-state index contributed by atoms with van der Waals surface area (Å²) < 4.78 is 29.9. The van der Waals surface area contributed by atoms with Crippen molar-refractivity contribution in [3.63, 3.8) is 0 Å². The predicted molar refractivity (Wildman–Crippen MR) is 35.8 cm³/mol. The summed E-state index contributed by atoms with van der Waals surface area (Å²) in [7, 11) is 1.20. The van der Waals surface area contributed by atoms with Crippen molar-refractivity contribution in [1.82, 2.24) is 5.32 Å². The Labute approximate surface area is 68.1 Å². The monoisotopic (exact) mass is 177 g/mol. The number of hydrogen-bond acceptors (Lipinski definition) is 3. The molecule has 5 heteroatoms. The zero-order chi connectivity index (χ0) is 8.98. The molecule has 1 aliphatic heterocycles. The highest BCUT2D eigenvalue weighted by atomic mass is 19.3. The van der Waals surface area contributed by atoms with E-state index in [1.54, 1.807) is 0 Å². The molecule has 1 N–H and O–H groups in total. The first kappa shape index (κ1) is 7.91. The Bertz CT molecular complexity index is 244. The van der Waals surface area contributed by atoms with E-state index in [-0.39, 0.29) is 13.0 Å². The van der Waals surface area contributed by atoms with Gasteiger partial charge in [0.15, 0.2) is 0 Å². The standard InChI is InChI=1S/C7H9F2NO2/c1-12-5(11)4-6(3-10-4)2-7(6,8)9/h4,10H,2-3H2,1H3. The Morgan fingerprint density at radius 3 is 2.50 bits per heavy atom. The lowest BCUT2D eigenvalue weighted by Crippen LogP contribution is -2.61. The van der Waals surface area contributed by atoms with Gasteiger partial charge in [-0.2, -0.15) is 0 Å². The summed E-state index contributed by atoms with van der Waals surface area (Å²) in [6, 6.07) is -0.794. The van der Waals surface area contributed by atoms with Gasteiger partial charge in [-0.05, 0) is 0 Å². The number of rotatable bonds is 1. The average molecular weight is 177 g/mol. The third-order valence-electron chi connectivity index (χ3n) is 2.75. The molecule has 1 aliphatic carbocycles. The maximum atomic E-state index is 12.7. The predicted octanol–water partition coefficient (Wildman–Crippen LogP) is 0.157. The quantitative estimate of drug-likeness (QED) is 0.580. The molecule has 1 saturated heterocycles. The fraction of sp³-hybridized carbons (Fsp3) is 0.857. The molecule has 68 valence electrons. The molecule has 12 heavy (non-hydrogen) atoms. The molecule has 2 atom stereocenters. The molecule has 1 spiro atoms. The Balaban J connectivity index is 2.09. The number of carbonyl (C=O) groups excluding carboxylic acids is 1. The largest absolute Gasteiger partial charge is 0.468 e. The van der Waals surface area contributed by atoms with Crippen LogP contribution in [0, 0.1) is 5.41 Å². The van der Waals surface area contributed by atoms with Gasteiger partial charge in [-0.15, -0.1) is 0 Å². The normalized spacial score (nSPS) is 42.1. The van der Waals surface area contributed by atoms with Crippen LogP contribution in [0.25, 0.3) is 0 Å². The molecule has 0 bridgehead atoms. The molecule has 1 saturated carbocycles. The van der Waals surface area contributed by atoms with Crippen LogP contribution in [0.3, 0.4) is 0 Å². The number of methoxy groups -OCH3 is 1.